The molecule has 0 saturated heterocycles. The maximum atomic E-state index is 11.3. The maximum Gasteiger partial charge on any atom is 0.348 e. The average Bonchev–Trinajstić information content (AvgIpc) is 2.83. The van der Waals surface area contributed by atoms with Crippen molar-refractivity contribution in [3.05, 3.63) is 27.0 Å². The van der Waals surface area contributed by atoms with E-state index in [-0.39, 0.29) is 5.97 Å². The summed E-state index contributed by atoms with van der Waals surface area (Å²) in [6, 6.07) is 1.79. The molecule has 16 heavy (non-hydrogen) atoms. The van der Waals surface area contributed by atoms with Crippen LogP contribution in [0.5, 0.6) is 0 Å². The zero-order valence-electron chi connectivity index (χ0n) is 8.91. The van der Waals surface area contributed by atoms with Gasteiger partial charge in [0.1, 0.15) is 10.0 Å². The van der Waals surface area contributed by atoms with Crippen LogP contribution in [-0.4, -0.2) is 18.8 Å². The largest absolute Gasteiger partial charge is 0.465 e. The van der Waals surface area contributed by atoms with E-state index in [9.17, 15) is 4.79 Å². The highest BCUT2D eigenvalue weighted by molar-refractivity contribution is 7.12. The van der Waals surface area contributed by atoms with Crippen molar-refractivity contribution in [2.75, 3.05) is 7.11 Å². The van der Waals surface area contributed by atoms with Crippen LogP contribution in [0.4, 0.5) is 0 Å². The predicted molar refractivity (Wildman–Crippen MR) is 66.2 cm³/mol. The first-order valence-corrected chi connectivity index (χ1v) is 5.97. The Morgan fingerprint density at radius 2 is 2.38 bits per heavy atom. The maximum absolute atomic E-state index is 11.3. The number of methoxy groups -OCH3 is 1. The summed E-state index contributed by atoms with van der Waals surface area (Å²) in [6.45, 7) is 1.93. The van der Waals surface area contributed by atoms with Gasteiger partial charge in [0.2, 0.25) is 0 Å². The molecule has 84 valence electrons. The Hall–Kier alpha value is -1.13. The lowest BCUT2D eigenvalue weighted by Crippen LogP contribution is -1.97. The third-order valence-corrected chi connectivity index (χ3v) is 3.53. The van der Waals surface area contributed by atoms with Gasteiger partial charge >= 0.3 is 5.97 Å². The molecular formula is C11H10ClNO2S. The van der Waals surface area contributed by atoms with E-state index in [4.69, 9.17) is 11.6 Å². The number of carbonyl (C=O) groups is 1. The van der Waals surface area contributed by atoms with Gasteiger partial charge in [0.15, 0.2) is 0 Å². The van der Waals surface area contributed by atoms with E-state index in [0.29, 0.717) is 10.0 Å². The number of hydrogen-bond acceptors (Lipinski definition) is 4. The lowest BCUT2D eigenvalue weighted by atomic mass is 10.1. The number of rotatable bonds is 2. The van der Waals surface area contributed by atoms with Crippen LogP contribution in [0.25, 0.3) is 5.57 Å². The molecule has 0 amide bonds. The molecule has 2 rings (SSSR count). The van der Waals surface area contributed by atoms with Crippen molar-refractivity contribution in [3.8, 4) is 0 Å². The van der Waals surface area contributed by atoms with Gasteiger partial charge in [-0.3, -0.25) is 0 Å². The van der Waals surface area contributed by atoms with Gasteiger partial charge in [0.25, 0.3) is 0 Å². The van der Waals surface area contributed by atoms with Gasteiger partial charge in [-0.25, -0.2) is 9.79 Å². The normalized spacial score (nSPS) is 15.3. The molecular weight excluding hydrogens is 246 g/mol. The molecule has 1 aliphatic heterocycles. The SMILES string of the molecule is COC(=O)c1cc(C2=C(Cl)N=C(C)C2)cs1. The van der Waals surface area contributed by atoms with Crippen molar-refractivity contribution < 1.29 is 9.53 Å². The Morgan fingerprint density at radius 3 is 2.94 bits per heavy atom. The number of ether oxygens (including phenoxy) is 1. The summed E-state index contributed by atoms with van der Waals surface area (Å²) in [5, 5.41) is 2.42. The number of nitrogens with zero attached hydrogens (tertiary/aromatic N) is 1. The second kappa shape index (κ2) is 4.39. The van der Waals surface area contributed by atoms with Crippen LogP contribution in [0.15, 0.2) is 21.6 Å². The topological polar surface area (TPSA) is 38.7 Å². The molecule has 0 saturated carbocycles. The van der Waals surface area contributed by atoms with Crippen LogP contribution in [0.3, 0.4) is 0 Å². The number of esters is 1. The summed E-state index contributed by atoms with van der Waals surface area (Å²) in [5.74, 6) is -0.316. The van der Waals surface area contributed by atoms with Gasteiger partial charge in [0, 0.05) is 17.7 Å². The van der Waals surface area contributed by atoms with E-state index < -0.39 is 0 Å². The van der Waals surface area contributed by atoms with E-state index in [2.05, 4.69) is 9.73 Å². The molecule has 0 fully saturated rings. The molecule has 0 N–H and O–H groups in total. The first-order valence-electron chi connectivity index (χ1n) is 4.72. The Morgan fingerprint density at radius 1 is 1.62 bits per heavy atom. The lowest BCUT2D eigenvalue weighted by Gasteiger charge is -1.97. The highest BCUT2D eigenvalue weighted by Crippen LogP contribution is 2.33. The summed E-state index contributed by atoms with van der Waals surface area (Å²) in [4.78, 5) is 16.1. The van der Waals surface area contributed by atoms with Gasteiger partial charge < -0.3 is 4.74 Å². The Labute approximate surface area is 102 Å². The molecule has 0 radical (unpaired) electrons. The zero-order valence-corrected chi connectivity index (χ0v) is 10.5. The minimum Gasteiger partial charge on any atom is -0.465 e. The number of thiophene rings is 1. The average molecular weight is 256 g/mol. The van der Waals surface area contributed by atoms with Crippen LogP contribution in [0, 0.1) is 0 Å². The van der Waals surface area contributed by atoms with E-state index >= 15 is 0 Å². The van der Waals surface area contributed by atoms with Crippen LogP contribution in [-0.2, 0) is 4.74 Å². The van der Waals surface area contributed by atoms with E-state index in [1.807, 2.05) is 12.3 Å². The second-order valence-corrected chi connectivity index (χ2v) is 4.75. The molecule has 0 aliphatic carbocycles. The third kappa shape index (κ3) is 2.03. The van der Waals surface area contributed by atoms with Crippen molar-refractivity contribution in [2.24, 2.45) is 4.99 Å². The summed E-state index contributed by atoms with van der Waals surface area (Å²) < 4.78 is 4.65. The van der Waals surface area contributed by atoms with Crippen molar-refractivity contribution >= 4 is 40.2 Å². The van der Waals surface area contributed by atoms with Crippen LogP contribution < -0.4 is 0 Å². The van der Waals surface area contributed by atoms with E-state index in [0.717, 1.165) is 23.3 Å². The van der Waals surface area contributed by atoms with Gasteiger partial charge in [-0.15, -0.1) is 11.3 Å². The minimum atomic E-state index is -0.316. The number of aliphatic imine (C=N–C) groups is 1. The molecule has 0 atom stereocenters. The molecule has 0 aromatic carbocycles. The smallest absolute Gasteiger partial charge is 0.348 e. The lowest BCUT2D eigenvalue weighted by molar-refractivity contribution is 0.0606. The van der Waals surface area contributed by atoms with Gasteiger partial charge in [0.05, 0.1) is 7.11 Å². The quantitative estimate of drug-likeness (QED) is 0.601. The number of carbonyl (C=O) groups excluding carboxylic acids is 1. The summed E-state index contributed by atoms with van der Waals surface area (Å²) in [7, 11) is 1.37. The predicted octanol–water partition coefficient (Wildman–Crippen LogP) is 3.31. The summed E-state index contributed by atoms with van der Waals surface area (Å²) >= 11 is 7.36. The molecule has 1 aromatic heterocycles. The first-order chi connectivity index (χ1) is 7.61. The van der Waals surface area contributed by atoms with E-state index in [1.165, 1.54) is 18.4 Å². The number of allylic oxidation sites excluding steroid dienone is 1. The van der Waals surface area contributed by atoms with Crippen molar-refractivity contribution in [1.82, 2.24) is 0 Å². The Kier molecular flexibility index (Phi) is 3.12. The number of hydrogen-bond donors (Lipinski definition) is 0. The fraction of sp³-hybridized carbons (Fsp3) is 0.273. The molecule has 3 nitrogen and oxygen atoms in total. The van der Waals surface area contributed by atoms with Gasteiger partial charge in [-0.05, 0) is 23.9 Å². The Bertz CT molecular complexity index is 502. The number of halogens is 1. The standard InChI is InChI=1S/C11H10ClNO2S/c1-6-3-8(10(12)13-6)7-4-9(16-5-7)11(14)15-2/h4-5H,3H2,1-2H3. The summed E-state index contributed by atoms with van der Waals surface area (Å²) in [5.41, 5.74) is 2.92. The van der Waals surface area contributed by atoms with Gasteiger partial charge in [-0.2, -0.15) is 0 Å². The highest BCUT2D eigenvalue weighted by Gasteiger charge is 2.18. The van der Waals surface area contributed by atoms with Crippen LogP contribution >= 0.6 is 22.9 Å². The van der Waals surface area contributed by atoms with Crippen molar-refractivity contribution in [1.29, 1.82) is 0 Å². The monoisotopic (exact) mass is 255 g/mol. The fourth-order valence-corrected chi connectivity index (χ4v) is 2.69. The fourth-order valence-electron chi connectivity index (χ4n) is 1.53. The molecule has 0 bridgehead atoms. The summed E-state index contributed by atoms with van der Waals surface area (Å²) in [6.07, 6.45) is 0.746. The first kappa shape index (κ1) is 11.4. The van der Waals surface area contributed by atoms with Crippen LogP contribution in [0.2, 0.25) is 0 Å². The van der Waals surface area contributed by atoms with E-state index in [1.54, 1.807) is 6.07 Å². The minimum absolute atomic E-state index is 0.316. The second-order valence-electron chi connectivity index (χ2n) is 3.48. The molecule has 1 aliphatic rings. The molecule has 1 aromatic rings. The van der Waals surface area contributed by atoms with Crippen molar-refractivity contribution in [3.63, 3.8) is 0 Å². The molecule has 5 heteroatoms. The Balaban J connectivity index is 2.28. The molecule has 0 spiro atoms. The highest BCUT2D eigenvalue weighted by atomic mass is 35.5. The van der Waals surface area contributed by atoms with Crippen molar-refractivity contribution in [2.45, 2.75) is 13.3 Å². The molecule has 0 unspecified atom stereocenters. The zero-order chi connectivity index (χ0) is 11.7. The van der Waals surface area contributed by atoms with Gasteiger partial charge in [-0.1, -0.05) is 11.6 Å². The van der Waals surface area contributed by atoms with Crippen LogP contribution in [0.1, 0.15) is 28.6 Å². The molecule has 2 heterocycles. The third-order valence-electron chi connectivity index (χ3n) is 2.31.